The summed E-state index contributed by atoms with van der Waals surface area (Å²) in [6.07, 6.45) is 0. The minimum Gasteiger partial charge on any atom is -0.367 e. The van der Waals surface area contributed by atoms with Crippen molar-refractivity contribution in [3.63, 3.8) is 0 Å². The van der Waals surface area contributed by atoms with Gasteiger partial charge in [-0.15, -0.1) is 11.8 Å². The molecule has 0 aliphatic carbocycles. The van der Waals surface area contributed by atoms with Crippen LogP contribution in [0.25, 0.3) is 0 Å². The highest BCUT2D eigenvalue weighted by Crippen LogP contribution is 2.31. The molecule has 2 aromatic carbocycles. The third kappa shape index (κ3) is 6.50. The van der Waals surface area contributed by atoms with Crippen LogP contribution in [-0.4, -0.2) is 75.1 Å². The molecule has 0 radical (unpaired) electrons. The van der Waals surface area contributed by atoms with Crippen LogP contribution in [-0.2, 0) is 14.8 Å². The predicted molar refractivity (Wildman–Crippen MR) is 137 cm³/mol. The van der Waals surface area contributed by atoms with Crippen LogP contribution in [0.1, 0.15) is 20.8 Å². The first-order valence-electron chi connectivity index (χ1n) is 11.6. The average molecular weight is 509 g/mol. The number of likely N-dealkylation sites (N-methyl/N-ethyl adjacent to an activating group) is 1. The third-order valence-electron chi connectivity index (χ3n) is 5.93. The molecule has 0 unspecified atom stereocenters. The highest BCUT2D eigenvalue weighted by Gasteiger charge is 2.25. The number of benzene rings is 2. The molecular formula is C24H33FN4O3S2. The number of thioether (sulfide) groups is 1. The Labute approximate surface area is 206 Å². The first kappa shape index (κ1) is 26.5. The van der Waals surface area contributed by atoms with Gasteiger partial charge in [-0.3, -0.25) is 4.79 Å². The van der Waals surface area contributed by atoms with E-state index >= 15 is 0 Å². The van der Waals surface area contributed by atoms with Crippen molar-refractivity contribution in [1.82, 2.24) is 9.21 Å². The van der Waals surface area contributed by atoms with Crippen molar-refractivity contribution in [3.8, 4) is 0 Å². The highest BCUT2D eigenvalue weighted by molar-refractivity contribution is 8.00. The molecule has 0 saturated carbocycles. The maximum absolute atomic E-state index is 13.1. The summed E-state index contributed by atoms with van der Waals surface area (Å²) in [6, 6.07) is 11.0. The molecule has 1 heterocycles. The molecule has 34 heavy (non-hydrogen) atoms. The summed E-state index contributed by atoms with van der Waals surface area (Å²) in [7, 11) is -3.66. The van der Waals surface area contributed by atoms with E-state index in [0.717, 1.165) is 43.3 Å². The van der Waals surface area contributed by atoms with Gasteiger partial charge in [0.2, 0.25) is 15.9 Å². The van der Waals surface area contributed by atoms with Crippen molar-refractivity contribution in [2.24, 2.45) is 0 Å². The van der Waals surface area contributed by atoms with Gasteiger partial charge < -0.3 is 15.1 Å². The van der Waals surface area contributed by atoms with Gasteiger partial charge in [0.15, 0.2) is 0 Å². The summed E-state index contributed by atoms with van der Waals surface area (Å²) in [6.45, 7) is 10.9. The molecule has 0 atom stereocenters. The van der Waals surface area contributed by atoms with Gasteiger partial charge in [0.1, 0.15) is 5.82 Å². The molecular weight excluding hydrogens is 475 g/mol. The van der Waals surface area contributed by atoms with Gasteiger partial charge in [0.25, 0.3) is 0 Å². The number of amides is 1. The van der Waals surface area contributed by atoms with Gasteiger partial charge in [0.05, 0.1) is 22.0 Å². The molecule has 186 valence electrons. The molecule has 0 aromatic heterocycles. The predicted octanol–water partition coefficient (Wildman–Crippen LogP) is 3.73. The number of halogens is 1. The Morgan fingerprint density at radius 3 is 2.26 bits per heavy atom. The number of anilines is 2. The second-order valence-electron chi connectivity index (χ2n) is 7.98. The zero-order valence-electron chi connectivity index (χ0n) is 20.0. The lowest BCUT2D eigenvalue weighted by Crippen LogP contribution is -2.46. The Morgan fingerprint density at radius 1 is 1.03 bits per heavy atom. The number of carbonyl (C=O) groups excluding carboxylic acids is 1. The lowest BCUT2D eigenvalue weighted by molar-refractivity contribution is -0.113. The first-order chi connectivity index (χ1) is 16.3. The monoisotopic (exact) mass is 508 g/mol. The van der Waals surface area contributed by atoms with E-state index in [9.17, 15) is 17.6 Å². The van der Waals surface area contributed by atoms with E-state index in [1.807, 2.05) is 0 Å². The summed E-state index contributed by atoms with van der Waals surface area (Å²) in [5.41, 5.74) is 1.30. The fourth-order valence-electron chi connectivity index (χ4n) is 3.94. The van der Waals surface area contributed by atoms with E-state index in [-0.39, 0.29) is 22.4 Å². The van der Waals surface area contributed by atoms with Crippen LogP contribution in [0.4, 0.5) is 15.8 Å². The van der Waals surface area contributed by atoms with Gasteiger partial charge in [0, 0.05) is 44.2 Å². The molecule has 7 nitrogen and oxygen atoms in total. The van der Waals surface area contributed by atoms with Crippen LogP contribution < -0.4 is 10.2 Å². The lowest BCUT2D eigenvalue weighted by Gasteiger charge is -2.36. The van der Waals surface area contributed by atoms with Crippen molar-refractivity contribution >= 4 is 39.1 Å². The first-order valence-corrected chi connectivity index (χ1v) is 14.0. The number of nitrogens with one attached hydrogen (secondary N) is 1. The Balaban J connectivity index is 1.84. The number of rotatable bonds is 10. The van der Waals surface area contributed by atoms with E-state index in [2.05, 4.69) is 22.0 Å². The van der Waals surface area contributed by atoms with Crippen LogP contribution in [0.2, 0.25) is 0 Å². The molecule has 0 spiro atoms. The second-order valence-corrected chi connectivity index (χ2v) is 11.0. The van der Waals surface area contributed by atoms with Crippen LogP contribution in [0.15, 0.2) is 52.3 Å². The fraction of sp³-hybridized carbons (Fsp3) is 0.458. The van der Waals surface area contributed by atoms with Crippen molar-refractivity contribution in [1.29, 1.82) is 0 Å². The quantitative estimate of drug-likeness (QED) is 0.493. The van der Waals surface area contributed by atoms with Crippen molar-refractivity contribution < 1.29 is 17.6 Å². The number of piperazine rings is 1. The lowest BCUT2D eigenvalue weighted by atomic mass is 10.2. The Bertz CT molecular complexity index is 1070. The number of nitrogens with zero attached hydrogens (tertiary/aromatic N) is 3. The Kier molecular flexibility index (Phi) is 9.35. The minimum absolute atomic E-state index is 0.127. The second kappa shape index (κ2) is 12.0. The van der Waals surface area contributed by atoms with Crippen LogP contribution >= 0.6 is 11.8 Å². The summed E-state index contributed by atoms with van der Waals surface area (Å²) < 4.78 is 40.7. The van der Waals surface area contributed by atoms with E-state index in [4.69, 9.17) is 0 Å². The van der Waals surface area contributed by atoms with Crippen molar-refractivity contribution in [2.45, 2.75) is 30.6 Å². The number of sulfonamides is 1. The number of carbonyl (C=O) groups is 1. The van der Waals surface area contributed by atoms with E-state index in [1.54, 1.807) is 44.2 Å². The van der Waals surface area contributed by atoms with Gasteiger partial charge in [-0.1, -0.05) is 20.8 Å². The molecule has 10 heteroatoms. The maximum Gasteiger partial charge on any atom is 0.243 e. The molecule has 0 bridgehead atoms. The molecule has 2 aromatic rings. The molecule has 1 saturated heterocycles. The van der Waals surface area contributed by atoms with E-state index < -0.39 is 10.0 Å². The van der Waals surface area contributed by atoms with Crippen molar-refractivity contribution in [2.75, 3.05) is 61.8 Å². The molecule has 1 aliphatic heterocycles. The average Bonchev–Trinajstić information content (AvgIpc) is 2.84. The summed E-state index contributed by atoms with van der Waals surface area (Å²) in [5, 5.41) is 2.93. The third-order valence-corrected chi connectivity index (χ3v) is 8.99. The molecule has 1 fully saturated rings. The fourth-order valence-corrected chi connectivity index (χ4v) is 6.12. The standard InChI is InChI=1S/C24H33FN4O3S2/c1-4-27-13-15-28(16-14-27)23-12-11-21(34(31,32)29(5-2)6-3)17-22(23)26-24(30)18-33-20-9-7-19(25)8-10-20/h7-12,17H,4-6,13-16,18H2,1-3H3,(H,26,30). The van der Waals surface area contributed by atoms with E-state index in [0.29, 0.717) is 18.8 Å². The highest BCUT2D eigenvalue weighted by atomic mass is 32.2. The zero-order chi connectivity index (χ0) is 24.7. The Hall–Kier alpha value is -2.14. The van der Waals surface area contributed by atoms with E-state index in [1.165, 1.54) is 28.2 Å². The summed E-state index contributed by atoms with van der Waals surface area (Å²) >= 11 is 1.30. The van der Waals surface area contributed by atoms with Gasteiger partial charge in [-0.2, -0.15) is 4.31 Å². The van der Waals surface area contributed by atoms with Crippen LogP contribution in [0, 0.1) is 5.82 Å². The number of hydrogen-bond acceptors (Lipinski definition) is 6. The molecule has 3 rings (SSSR count). The molecule has 1 aliphatic rings. The summed E-state index contributed by atoms with van der Waals surface area (Å²) in [4.78, 5) is 18.3. The van der Waals surface area contributed by atoms with Crippen LogP contribution in [0.3, 0.4) is 0 Å². The maximum atomic E-state index is 13.1. The van der Waals surface area contributed by atoms with Gasteiger partial charge in [-0.25, -0.2) is 12.8 Å². The van der Waals surface area contributed by atoms with Gasteiger partial charge >= 0.3 is 0 Å². The van der Waals surface area contributed by atoms with Crippen molar-refractivity contribution in [3.05, 3.63) is 48.3 Å². The zero-order valence-corrected chi connectivity index (χ0v) is 21.6. The SMILES string of the molecule is CCN1CCN(c2ccc(S(=O)(=O)N(CC)CC)cc2NC(=O)CSc2ccc(F)cc2)CC1. The van der Waals surface area contributed by atoms with Gasteiger partial charge in [-0.05, 0) is 49.0 Å². The molecule has 1 amide bonds. The summed E-state index contributed by atoms with van der Waals surface area (Å²) in [5.74, 6) is -0.449. The molecule has 1 N–H and O–H groups in total. The minimum atomic E-state index is -3.66. The normalized spacial score (nSPS) is 15.0. The van der Waals surface area contributed by atoms with Crippen LogP contribution in [0.5, 0.6) is 0 Å². The number of hydrogen-bond donors (Lipinski definition) is 1. The Morgan fingerprint density at radius 2 is 1.68 bits per heavy atom. The smallest absolute Gasteiger partial charge is 0.243 e. The topological polar surface area (TPSA) is 73.0 Å². The largest absolute Gasteiger partial charge is 0.367 e.